The summed E-state index contributed by atoms with van der Waals surface area (Å²) in [5, 5.41) is 16.2. The van der Waals surface area contributed by atoms with E-state index in [0.717, 1.165) is 36.3 Å². The summed E-state index contributed by atoms with van der Waals surface area (Å²) in [6.45, 7) is 1.02. The van der Waals surface area contributed by atoms with Crippen LogP contribution >= 0.6 is 23.2 Å². The minimum Gasteiger partial charge on any atom is -0.424 e. The number of hydrogen-bond donors (Lipinski definition) is 1. The molecule has 1 saturated carbocycles. The van der Waals surface area contributed by atoms with E-state index in [9.17, 15) is 8.78 Å². The molecule has 1 N–H and O–H groups in total. The van der Waals surface area contributed by atoms with Crippen molar-refractivity contribution in [2.75, 3.05) is 23.3 Å². The predicted molar refractivity (Wildman–Crippen MR) is 120 cm³/mol. The molecule has 2 unspecified atom stereocenters. The van der Waals surface area contributed by atoms with Gasteiger partial charge < -0.3 is 15.0 Å². The van der Waals surface area contributed by atoms with Gasteiger partial charge in [-0.05, 0) is 42.9 Å². The molecule has 5 rings (SSSR count). The van der Waals surface area contributed by atoms with Crippen molar-refractivity contribution in [3.63, 3.8) is 0 Å². The molecule has 3 aromatic rings. The quantitative estimate of drug-likeness (QED) is 0.505. The van der Waals surface area contributed by atoms with Gasteiger partial charge in [0.25, 0.3) is 6.43 Å². The molecular weight excluding hydrogens is 475 g/mol. The number of rotatable bonds is 7. The standard InChI is InChI=1S/C21H21Cl2F2N7O/c22-14-2-1-3-16(6-14)33-21-28-20(30-32(21)11-18(24)25)27-19-12-4-5-13(19)10-31(9-12)15-7-17(23)29-26-8-15/h1-3,6-8,12-13,18-19H,4-5,9-11H2,(H,27,30). The fraction of sp³-hybridized carbons (Fsp3) is 0.429. The molecule has 3 heterocycles. The number of fused-ring (bicyclic) bond motifs is 2. The Labute approximate surface area is 198 Å². The molecule has 2 bridgehead atoms. The van der Waals surface area contributed by atoms with Crippen LogP contribution in [0.2, 0.25) is 10.2 Å². The van der Waals surface area contributed by atoms with Gasteiger partial charge in [-0.25, -0.2) is 13.5 Å². The van der Waals surface area contributed by atoms with Crippen LogP contribution in [0.4, 0.5) is 20.4 Å². The molecule has 0 amide bonds. The van der Waals surface area contributed by atoms with E-state index >= 15 is 0 Å². The highest BCUT2D eigenvalue weighted by atomic mass is 35.5. The third-order valence-corrected chi connectivity index (χ3v) is 6.48. The maximum absolute atomic E-state index is 13.1. The number of ether oxygens (including phenoxy) is 1. The number of benzene rings is 1. The zero-order valence-electron chi connectivity index (χ0n) is 17.4. The molecule has 1 aromatic carbocycles. The van der Waals surface area contributed by atoms with E-state index in [1.165, 1.54) is 0 Å². The summed E-state index contributed by atoms with van der Waals surface area (Å²) in [7, 11) is 0. The van der Waals surface area contributed by atoms with Crippen molar-refractivity contribution in [3.8, 4) is 11.8 Å². The highest BCUT2D eigenvalue weighted by molar-refractivity contribution is 6.30. The minimum absolute atomic E-state index is 0.0117. The minimum atomic E-state index is -2.60. The Hall–Kier alpha value is -2.72. The van der Waals surface area contributed by atoms with Gasteiger partial charge in [-0.2, -0.15) is 10.1 Å². The molecule has 2 aromatic heterocycles. The Morgan fingerprint density at radius 3 is 2.64 bits per heavy atom. The third-order valence-electron chi connectivity index (χ3n) is 6.06. The van der Waals surface area contributed by atoms with Crippen LogP contribution in [0.3, 0.4) is 0 Å². The van der Waals surface area contributed by atoms with Gasteiger partial charge in [0.05, 0.1) is 11.9 Å². The first-order chi connectivity index (χ1) is 15.9. The Balaban J connectivity index is 1.32. The Morgan fingerprint density at radius 2 is 1.94 bits per heavy atom. The van der Waals surface area contributed by atoms with Crippen molar-refractivity contribution in [1.82, 2.24) is 25.0 Å². The molecule has 1 saturated heterocycles. The van der Waals surface area contributed by atoms with Gasteiger partial charge in [-0.1, -0.05) is 29.3 Å². The summed E-state index contributed by atoms with van der Waals surface area (Å²) in [5.74, 6) is 1.36. The Morgan fingerprint density at radius 1 is 1.15 bits per heavy atom. The van der Waals surface area contributed by atoms with Crippen LogP contribution in [-0.4, -0.2) is 50.5 Å². The molecule has 2 fully saturated rings. The van der Waals surface area contributed by atoms with E-state index in [0.29, 0.717) is 27.8 Å². The second-order valence-electron chi connectivity index (χ2n) is 8.26. The monoisotopic (exact) mass is 495 g/mol. The number of hydrogen-bond acceptors (Lipinski definition) is 7. The second-order valence-corrected chi connectivity index (χ2v) is 9.08. The van der Waals surface area contributed by atoms with Crippen molar-refractivity contribution in [2.45, 2.75) is 31.9 Å². The molecule has 8 nitrogen and oxygen atoms in total. The van der Waals surface area contributed by atoms with Crippen molar-refractivity contribution in [3.05, 3.63) is 46.7 Å². The topological polar surface area (TPSA) is 81.0 Å². The molecule has 1 aliphatic heterocycles. The van der Waals surface area contributed by atoms with E-state index in [1.807, 2.05) is 6.07 Å². The molecular formula is C21H21Cl2F2N7O. The average Bonchev–Trinajstić information content (AvgIpc) is 3.22. The van der Waals surface area contributed by atoms with Gasteiger partial charge >= 0.3 is 6.01 Å². The Kier molecular flexibility index (Phi) is 6.20. The van der Waals surface area contributed by atoms with Crippen LogP contribution in [-0.2, 0) is 6.54 Å². The van der Waals surface area contributed by atoms with Gasteiger partial charge in [0.1, 0.15) is 12.3 Å². The van der Waals surface area contributed by atoms with Gasteiger partial charge in [0, 0.05) is 30.2 Å². The first-order valence-corrected chi connectivity index (χ1v) is 11.4. The number of halogens is 4. The molecule has 0 spiro atoms. The summed E-state index contributed by atoms with van der Waals surface area (Å²) in [6.07, 6.45) is 1.22. The number of alkyl halides is 2. The summed E-state index contributed by atoms with van der Waals surface area (Å²) in [5.41, 5.74) is 0.946. The second kappa shape index (κ2) is 9.26. The number of aromatic nitrogens is 5. The van der Waals surface area contributed by atoms with Crippen LogP contribution in [0, 0.1) is 11.8 Å². The van der Waals surface area contributed by atoms with E-state index in [4.69, 9.17) is 27.9 Å². The number of anilines is 2. The number of nitrogens with zero attached hydrogens (tertiary/aromatic N) is 6. The van der Waals surface area contributed by atoms with Crippen LogP contribution in [0.5, 0.6) is 11.8 Å². The highest BCUT2D eigenvalue weighted by Gasteiger charge is 2.42. The van der Waals surface area contributed by atoms with Crippen molar-refractivity contribution >= 4 is 34.8 Å². The van der Waals surface area contributed by atoms with Gasteiger partial charge in [-0.15, -0.1) is 10.2 Å². The highest BCUT2D eigenvalue weighted by Crippen LogP contribution is 2.40. The normalized spacial score (nSPS) is 22.1. The van der Waals surface area contributed by atoms with Crippen LogP contribution < -0.4 is 15.0 Å². The average molecular weight is 496 g/mol. The molecule has 0 radical (unpaired) electrons. The number of piperidine rings is 1. The maximum atomic E-state index is 13.1. The third kappa shape index (κ3) is 4.96. The smallest absolute Gasteiger partial charge is 0.322 e. The van der Waals surface area contributed by atoms with Crippen LogP contribution in [0.25, 0.3) is 0 Å². The van der Waals surface area contributed by atoms with E-state index in [-0.39, 0.29) is 18.0 Å². The SMILES string of the molecule is FC(F)Cn1nc(NC2C3CCC2CN(c2cnnc(Cl)c2)C3)nc1Oc1cccc(Cl)c1. The molecule has 1 aliphatic carbocycles. The van der Waals surface area contributed by atoms with Gasteiger partial charge in [-0.3, -0.25) is 0 Å². The van der Waals surface area contributed by atoms with Gasteiger partial charge in [0.15, 0.2) is 5.15 Å². The summed E-state index contributed by atoms with van der Waals surface area (Å²) in [6, 6.07) is 8.61. The van der Waals surface area contributed by atoms with Gasteiger partial charge in [0.2, 0.25) is 5.95 Å². The maximum Gasteiger partial charge on any atom is 0.322 e. The Bertz CT molecular complexity index is 1120. The lowest BCUT2D eigenvalue weighted by molar-refractivity contribution is 0.118. The fourth-order valence-electron chi connectivity index (χ4n) is 4.67. The first-order valence-electron chi connectivity index (χ1n) is 10.6. The predicted octanol–water partition coefficient (Wildman–Crippen LogP) is 4.76. The lowest BCUT2D eigenvalue weighted by Gasteiger charge is -2.39. The van der Waals surface area contributed by atoms with Crippen LogP contribution in [0.1, 0.15) is 12.8 Å². The molecule has 2 aliphatic rings. The molecule has 33 heavy (non-hydrogen) atoms. The zero-order chi connectivity index (χ0) is 22.9. The first kappa shape index (κ1) is 22.1. The zero-order valence-corrected chi connectivity index (χ0v) is 18.9. The van der Waals surface area contributed by atoms with E-state index in [2.05, 4.69) is 30.5 Å². The molecule has 12 heteroatoms. The lowest BCUT2D eigenvalue weighted by Crippen LogP contribution is -2.48. The number of nitrogens with one attached hydrogen (secondary N) is 1. The van der Waals surface area contributed by atoms with Crippen molar-refractivity contribution in [1.29, 1.82) is 0 Å². The van der Waals surface area contributed by atoms with E-state index < -0.39 is 13.0 Å². The summed E-state index contributed by atoms with van der Waals surface area (Å²) < 4.78 is 33.0. The van der Waals surface area contributed by atoms with Crippen LogP contribution in [0.15, 0.2) is 36.5 Å². The van der Waals surface area contributed by atoms with Crippen molar-refractivity contribution < 1.29 is 13.5 Å². The van der Waals surface area contributed by atoms with E-state index in [1.54, 1.807) is 30.5 Å². The summed E-state index contributed by atoms with van der Waals surface area (Å²) >= 11 is 12.0. The molecule has 174 valence electrons. The largest absolute Gasteiger partial charge is 0.424 e. The van der Waals surface area contributed by atoms with Crippen molar-refractivity contribution in [2.24, 2.45) is 11.8 Å². The lowest BCUT2D eigenvalue weighted by atomic mass is 9.92. The summed E-state index contributed by atoms with van der Waals surface area (Å²) in [4.78, 5) is 6.62. The molecule has 2 atom stereocenters. The fourth-order valence-corrected chi connectivity index (χ4v) is 5.01.